The fourth-order valence-corrected chi connectivity index (χ4v) is 4.46. The van der Waals surface area contributed by atoms with Gasteiger partial charge in [0.25, 0.3) is 5.91 Å². The van der Waals surface area contributed by atoms with E-state index in [2.05, 4.69) is 19.2 Å². The highest BCUT2D eigenvalue weighted by Gasteiger charge is 2.49. The lowest BCUT2D eigenvalue weighted by Crippen LogP contribution is -2.64. The highest BCUT2D eigenvalue weighted by Crippen LogP contribution is 2.41. The number of nitrogens with zero attached hydrogens (tertiary/aromatic N) is 2. The molecule has 1 aromatic heterocycles. The number of hydrogen-bond acceptors (Lipinski definition) is 4. The lowest BCUT2D eigenvalue weighted by atomic mass is 9.93. The maximum Gasteiger partial charge on any atom is 0.276 e. The fourth-order valence-electron chi connectivity index (χ4n) is 4.46. The fraction of sp³-hybridized carbons (Fsp3) is 0.385. The van der Waals surface area contributed by atoms with Gasteiger partial charge in [-0.2, -0.15) is 0 Å². The third-order valence-corrected chi connectivity index (χ3v) is 6.32. The Bertz CT molecular complexity index is 1200. The van der Waals surface area contributed by atoms with Crippen molar-refractivity contribution in [2.75, 3.05) is 25.7 Å². The minimum atomic E-state index is -1.16. The first-order chi connectivity index (χ1) is 15.8. The molecule has 174 valence electrons. The Morgan fingerprint density at radius 2 is 1.88 bits per heavy atom. The van der Waals surface area contributed by atoms with Crippen LogP contribution < -0.4 is 19.7 Å². The molecule has 7 heteroatoms. The van der Waals surface area contributed by atoms with E-state index in [0.29, 0.717) is 41.9 Å². The van der Waals surface area contributed by atoms with Crippen LogP contribution in [0.25, 0.3) is 10.9 Å². The molecule has 1 aliphatic heterocycles. The van der Waals surface area contributed by atoms with Crippen molar-refractivity contribution in [2.24, 2.45) is 5.92 Å². The Kier molecular flexibility index (Phi) is 6.06. The summed E-state index contributed by atoms with van der Waals surface area (Å²) < 4.78 is 12.9. The quantitative estimate of drug-likeness (QED) is 0.586. The summed E-state index contributed by atoms with van der Waals surface area (Å²) in [5, 5.41) is 4.03. The summed E-state index contributed by atoms with van der Waals surface area (Å²) >= 11 is 0. The minimum Gasteiger partial charge on any atom is -0.497 e. The van der Waals surface area contributed by atoms with E-state index in [9.17, 15) is 9.59 Å². The predicted octanol–water partition coefficient (Wildman–Crippen LogP) is 4.24. The van der Waals surface area contributed by atoms with Crippen LogP contribution in [0.15, 0.2) is 48.5 Å². The molecule has 4 rings (SSSR count). The summed E-state index contributed by atoms with van der Waals surface area (Å²) in [4.78, 5) is 29.2. The average Bonchev–Trinajstić information content (AvgIpc) is 3.17. The van der Waals surface area contributed by atoms with Crippen LogP contribution in [-0.4, -0.2) is 42.7 Å². The molecular weight excluding hydrogens is 418 g/mol. The van der Waals surface area contributed by atoms with Crippen molar-refractivity contribution < 1.29 is 19.1 Å². The van der Waals surface area contributed by atoms with Crippen molar-refractivity contribution in [2.45, 2.75) is 39.3 Å². The van der Waals surface area contributed by atoms with E-state index in [1.54, 1.807) is 37.3 Å². The van der Waals surface area contributed by atoms with E-state index in [1.165, 1.54) is 0 Å². The molecule has 1 N–H and O–H groups in total. The number of aromatic nitrogens is 1. The Hall–Kier alpha value is -3.48. The zero-order valence-electron chi connectivity index (χ0n) is 19.8. The van der Waals surface area contributed by atoms with E-state index < -0.39 is 5.54 Å². The highest BCUT2D eigenvalue weighted by atomic mass is 16.5. The van der Waals surface area contributed by atoms with Crippen molar-refractivity contribution in [1.29, 1.82) is 0 Å². The van der Waals surface area contributed by atoms with Crippen LogP contribution >= 0.6 is 0 Å². The molecule has 1 atom stereocenters. The maximum atomic E-state index is 13.9. The van der Waals surface area contributed by atoms with Gasteiger partial charge in [0.1, 0.15) is 22.7 Å². The number of hydrogen-bond donors (Lipinski definition) is 1. The van der Waals surface area contributed by atoms with Crippen LogP contribution in [-0.2, 0) is 11.3 Å². The number of carbonyl (C=O) groups excluding carboxylic acids is 2. The van der Waals surface area contributed by atoms with Gasteiger partial charge in [0.05, 0.1) is 26.5 Å². The maximum absolute atomic E-state index is 13.9. The average molecular weight is 450 g/mol. The van der Waals surface area contributed by atoms with Gasteiger partial charge < -0.3 is 19.4 Å². The molecular formula is C26H31N3O4. The molecule has 0 bridgehead atoms. The molecule has 0 unspecified atom stereocenters. The van der Waals surface area contributed by atoms with Crippen molar-refractivity contribution in [3.8, 4) is 11.5 Å². The Morgan fingerprint density at radius 1 is 1.12 bits per heavy atom. The zero-order valence-corrected chi connectivity index (χ0v) is 19.8. The number of anilines is 1. The molecule has 0 radical (unpaired) electrons. The van der Waals surface area contributed by atoms with Gasteiger partial charge in [-0.15, -0.1) is 0 Å². The topological polar surface area (TPSA) is 72.8 Å². The van der Waals surface area contributed by atoms with Crippen LogP contribution in [0.4, 0.5) is 5.69 Å². The number of nitrogens with one attached hydrogen (secondary N) is 1. The van der Waals surface area contributed by atoms with Crippen LogP contribution in [0.5, 0.6) is 11.5 Å². The van der Waals surface area contributed by atoms with Crippen molar-refractivity contribution in [3.63, 3.8) is 0 Å². The normalized spacial score (nSPS) is 17.9. The Morgan fingerprint density at radius 3 is 2.58 bits per heavy atom. The standard InChI is InChI=1S/C26H31N3O4/c1-17(2)12-13-27-25(31)26(3)16-28-20-9-7-6-8-18(20)14-22(28)24(30)29(26)21-11-10-19(32-4)15-23(21)33-5/h6-11,14-15,17H,12-13,16H2,1-5H3,(H,27,31)/t26-/m1/s1. The summed E-state index contributed by atoms with van der Waals surface area (Å²) in [6.07, 6.45) is 0.860. The predicted molar refractivity (Wildman–Crippen MR) is 129 cm³/mol. The third-order valence-electron chi connectivity index (χ3n) is 6.32. The zero-order chi connectivity index (χ0) is 23.8. The van der Waals surface area contributed by atoms with Gasteiger partial charge in [-0.3, -0.25) is 14.5 Å². The number of ether oxygens (including phenoxy) is 2. The number of benzene rings is 2. The van der Waals surface area contributed by atoms with Gasteiger partial charge in [0.15, 0.2) is 0 Å². The second-order valence-electron chi connectivity index (χ2n) is 9.07. The summed E-state index contributed by atoms with van der Waals surface area (Å²) in [7, 11) is 3.12. The lowest BCUT2D eigenvalue weighted by molar-refractivity contribution is -0.126. The molecule has 1 aliphatic rings. The number of fused-ring (bicyclic) bond motifs is 3. The highest BCUT2D eigenvalue weighted by molar-refractivity contribution is 6.14. The molecule has 7 nitrogen and oxygen atoms in total. The van der Waals surface area contributed by atoms with Crippen LogP contribution in [0.1, 0.15) is 37.7 Å². The summed E-state index contributed by atoms with van der Waals surface area (Å²) in [6, 6.07) is 15.0. The molecule has 2 heterocycles. The van der Waals surface area contributed by atoms with E-state index in [0.717, 1.165) is 17.3 Å². The van der Waals surface area contributed by atoms with Crippen LogP contribution in [0, 0.1) is 5.92 Å². The molecule has 2 amide bonds. The van der Waals surface area contributed by atoms with Gasteiger partial charge >= 0.3 is 0 Å². The third kappa shape index (κ3) is 3.92. The van der Waals surface area contributed by atoms with Crippen LogP contribution in [0.2, 0.25) is 0 Å². The minimum absolute atomic E-state index is 0.196. The van der Waals surface area contributed by atoms with E-state index in [-0.39, 0.29) is 11.8 Å². The molecule has 3 aromatic rings. The van der Waals surface area contributed by atoms with Crippen LogP contribution in [0.3, 0.4) is 0 Å². The van der Waals surface area contributed by atoms with Crippen molar-refractivity contribution >= 4 is 28.4 Å². The Labute approximate surface area is 194 Å². The van der Waals surface area contributed by atoms with Gasteiger partial charge in [0, 0.05) is 23.5 Å². The number of para-hydroxylation sites is 1. The molecule has 33 heavy (non-hydrogen) atoms. The monoisotopic (exact) mass is 449 g/mol. The molecule has 0 aliphatic carbocycles. The molecule has 2 aromatic carbocycles. The number of methoxy groups -OCH3 is 2. The van der Waals surface area contributed by atoms with Crippen molar-refractivity contribution in [1.82, 2.24) is 9.88 Å². The van der Waals surface area contributed by atoms with Gasteiger partial charge in [-0.05, 0) is 43.5 Å². The first-order valence-electron chi connectivity index (χ1n) is 11.2. The summed E-state index contributed by atoms with van der Waals surface area (Å²) in [5.74, 6) is 1.09. The summed E-state index contributed by atoms with van der Waals surface area (Å²) in [5.41, 5.74) is 0.844. The first kappa shape index (κ1) is 22.7. The SMILES string of the molecule is COc1ccc(N2C(=O)c3cc4ccccc4n3C[C@]2(C)C(=O)NCCC(C)C)c(OC)c1. The van der Waals surface area contributed by atoms with Gasteiger partial charge in [-0.25, -0.2) is 0 Å². The van der Waals surface area contributed by atoms with E-state index in [4.69, 9.17) is 9.47 Å². The number of rotatable bonds is 7. The summed E-state index contributed by atoms with van der Waals surface area (Å²) in [6.45, 7) is 6.92. The van der Waals surface area contributed by atoms with Gasteiger partial charge in [-0.1, -0.05) is 32.0 Å². The lowest BCUT2D eigenvalue weighted by Gasteiger charge is -2.44. The van der Waals surface area contributed by atoms with E-state index >= 15 is 0 Å². The molecule has 0 spiro atoms. The Balaban J connectivity index is 1.86. The second kappa shape index (κ2) is 8.81. The first-order valence-corrected chi connectivity index (χ1v) is 11.2. The molecule has 0 fully saturated rings. The second-order valence-corrected chi connectivity index (χ2v) is 9.07. The van der Waals surface area contributed by atoms with E-state index in [1.807, 2.05) is 41.8 Å². The molecule has 0 saturated heterocycles. The van der Waals surface area contributed by atoms with Gasteiger partial charge in [0.2, 0.25) is 5.91 Å². The molecule has 0 saturated carbocycles. The smallest absolute Gasteiger partial charge is 0.276 e. The number of amides is 2. The van der Waals surface area contributed by atoms with Crippen molar-refractivity contribution in [3.05, 3.63) is 54.2 Å². The largest absolute Gasteiger partial charge is 0.497 e. The number of carbonyl (C=O) groups is 2.